The summed E-state index contributed by atoms with van der Waals surface area (Å²) in [5.74, 6) is -0.395. The van der Waals surface area contributed by atoms with Crippen LogP contribution in [0, 0.1) is 17.2 Å². The van der Waals surface area contributed by atoms with Gasteiger partial charge in [0.1, 0.15) is 5.92 Å². The molecule has 5 nitrogen and oxygen atoms in total. The van der Waals surface area contributed by atoms with Crippen molar-refractivity contribution in [3.63, 3.8) is 0 Å². The van der Waals surface area contributed by atoms with Crippen molar-refractivity contribution in [1.82, 2.24) is 5.43 Å². The van der Waals surface area contributed by atoms with Gasteiger partial charge < -0.3 is 4.90 Å². The third-order valence-electron chi connectivity index (χ3n) is 7.13. The molecular weight excluding hydrogens is 578 g/mol. The fourth-order valence-corrected chi connectivity index (χ4v) is 6.10. The predicted molar refractivity (Wildman–Crippen MR) is 146 cm³/mol. The highest BCUT2D eigenvalue weighted by Crippen LogP contribution is 2.59. The van der Waals surface area contributed by atoms with Crippen molar-refractivity contribution in [3.05, 3.63) is 129 Å². The van der Waals surface area contributed by atoms with Crippen LogP contribution in [0.3, 0.4) is 0 Å². The van der Waals surface area contributed by atoms with Crippen LogP contribution in [-0.4, -0.2) is 11.4 Å². The van der Waals surface area contributed by atoms with Crippen molar-refractivity contribution in [3.8, 4) is 6.07 Å². The molecule has 1 fully saturated rings. The number of hydrazine groups is 1. The first-order chi connectivity index (χ1) is 17.6. The number of fused-ring (bicyclic) bond motifs is 1. The molecule has 0 amide bonds. The van der Waals surface area contributed by atoms with E-state index in [1.54, 1.807) is 0 Å². The molecule has 4 aromatic carbocycles. The first-order valence-corrected chi connectivity index (χ1v) is 13.3. The molecule has 0 saturated carbocycles. The zero-order valence-corrected chi connectivity index (χ0v) is 22.4. The van der Waals surface area contributed by atoms with Crippen molar-refractivity contribution in [2.24, 2.45) is 11.0 Å². The number of rotatable bonds is 4. The van der Waals surface area contributed by atoms with E-state index < -0.39 is 17.1 Å². The maximum Gasteiger partial charge on any atom is 0.265 e. The van der Waals surface area contributed by atoms with Crippen LogP contribution in [0.5, 0.6) is 0 Å². The Balaban J connectivity index is 1.69. The van der Waals surface area contributed by atoms with Gasteiger partial charge in [0.05, 0.1) is 6.07 Å². The highest BCUT2D eigenvalue weighted by atomic mass is 79.9. The molecule has 176 valence electrons. The fraction of sp³-hybridized carbons (Fsp3) is 0.138. The molecule has 2 aliphatic rings. The molecule has 3 atom stereocenters. The van der Waals surface area contributed by atoms with Gasteiger partial charge in [0.2, 0.25) is 0 Å². The maximum atomic E-state index is 10.6. The topological polar surface area (TPSA) is 54.4 Å². The first kappa shape index (κ1) is 23.0. The summed E-state index contributed by atoms with van der Waals surface area (Å²) in [6, 6.07) is 39.5. The minimum atomic E-state index is -0.920. The van der Waals surface area contributed by atoms with E-state index in [2.05, 4.69) is 84.7 Å². The Kier molecular flexibility index (Phi) is 5.66. The van der Waals surface area contributed by atoms with Gasteiger partial charge in [-0.15, -0.1) is 0 Å². The Bertz CT molecular complexity index is 1470. The summed E-state index contributed by atoms with van der Waals surface area (Å²) < 4.78 is 2.00. The van der Waals surface area contributed by atoms with Crippen LogP contribution in [0.2, 0.25) is 0 Å². The molecule has 0 bridgehead atoms. The van der Waals surface area contributed by atoms with E-state index in [9.17, 15) is 5.26 Å². The lowest BCUT2D eigenvalue weighted by Crippen LogP contribution is -2.57. The molecule has 2 heterocycles. The van der Waals surface area contributed by atoms with Crippen LogP contribution in [0.1, 0.15) is 11.1 Å². The summed E-state index contributed by atoms with van der Waals surface area (Å²) in [5, 5.41) is 16.1. The normalized spacial score (nSPS) is 24.5. The summed E-state index contributed by atoms with van der Waals surface area (Å²) in [6.45, 7) is 0.520. The second-order valence-electron chi connectivity index (χ2n) is 8.98. The predicted octanol–water partition coefficient (Wildman–Crippen LogP) is 7.23. The molecular formula is C29H22Br2N5+. The highest BCUT2D eigenvalue weighted by Gasteiger charge is 2.75. The number of nitrogens with one attached hydrogen (secondary N) is 1. The van der Waals surface area contributed by atoms with Crippen LogP contribution in [0.15, 0.2) is 123 Å². The highest BCUT2D eigenvalue weighted by molar-refractivity contribution is 9.10. The van der Waals surface area contributed by atoms with Gasteiger partial charge in [-0.1, -0.05) is 92.5 Å². The smallest absolute Gasteiger partial charge is 0.265 e. The number of azo groups is 1. The Morgan fingerprint density at radius 3 is 1.94 bits per heavy atom. The van der Waals surface area contributed by atoms with Crippen LogP contribution in [0.4, 0.5) is 11.4 Å². The van der Waals surface area contributed by atoms with E-state index in [4.69, 9.17) is 5.11 Å². The lowest BCUT2D eigenvalue weighted by molar-refractivity contribution is -0.570. The van der Waals surface area contributed by atoms with Crippen LogP contribution >= 0.6 is 31.9 Å². The third-order valence-corrected chi connectivity index (χ3v) is 8.18. The Hall–Kier alpha value is -3.47. The van der Waals surface area contributed by atoms with E-state index >= 15 is 0 Å². The SMILES string of the molecule is N#C[C@@H]1CN(c2ccc(Br)cc2)[C@@]2(c3ccccc3)N=[N+](c3ccc(Br)cc3)N[C@@]12c1ccccc1. The zero-order chi connectivity index (χ0) is 24.8. The van der Waals surface area contributed by atoms with Crippen molar-refractivity contribution < 1.29 is 4.81 Å². The minimum Gasteiger partial charge on any atom is -0.335 e. The van der Waals surface area contributed by atoms with Gasteiger partial charge in [0.25, 0.3) is 11.4 Å². The molecule has 4 aromatic rings. The molecule has 7 heteroatoms. The van der Waals surface area contributed by atoms with Gasteiger partial charge in [-0.3, -0.25) is 0 Å². The second kappa shape index (κ2) is 8.88. The van der Waals surface area contributed by atoms with Crippen molar-refractivity contribution >= 4 is 43.2 Å². The minimum absolute atomic E-state index is 0.395. The van der Waals surface area contributed by atoms with Crippen molar-refractivity contribution in [1.29, 1.82) is 5.26 Å². The standard InChI is InChI=1S/C29H22Br2N5/c30-24-11-15-26(16-12-24)35-20-23(19-32)28(21-7-3-1-4-8-21)29(35,22-9-5-2-6-10-22)34-36(33-28)27-17-13-25(31)14-18-27/h1-18,23H,20H2,(H,33,34)/q+1/t23-,28+,29-/m1/s1. The molecule has 0 aromatic heterocycles. The molecule has 1 saturated heterocycles. The maximum absolute atomic E-state index is 10.6. The van der Waals surface area contributed by atoms with Gasteiger partial charge in [-0.2, -0.15) is 10.7 Å². The van der Waals surface area contributed by atoms with E-state index in [-0.39, 0.29) is 0 Å². The Morgan fingerprint density at radius 2 is 1.36 bits per heavy atom. The summed E-state index contributed by atoms with van der Waals surface area (Å²) in [6.07, 6.45) is 0. The summed E-state index contributed by atoms with van der Waals surface area (Å²) in [5.41, 5.74) is 5.91. The Morgan fingerprint density at radius 1 is 0.806 bits per heavy atom. The molecule has 0 unspecified atom stereocenters. The number of halogens is 2. The number of hydrogen-bond donors (Lipinski definition) is 1. The zero-order valence-electron chi connectivity index (χ0n) is 19.2. The number of hydrogen-bond acceptors (Lipinski definition) is 4. The quantitative estimate of drug-likeness (QED) is 0.252. The summed E-state index contributed by atoms with van der Waals surface area (Å²) in [7, 11) is 0. The monoisotopic (exact) mass is 598 g/mol. The van der Waals surface area contributed by atoms with E-state index in [0.717, 1.165) is 31.4 Å². The lowest BCUT2D eigenvalue weighted by Gasteiger charge is -2.39. The molecule has 0 aliphatic carbocycles. The van der Waals surface area contributed by atoms with Gasteiger partial charge in [0.15, 0.2) is 5.54 Å². The molecule has 2 aliphatic heterocycles. The summed E-state index contributed by atoms with van der Waals surface area (Å²) in [4.78, 5) is 4.13. The van der Waals surface area contributed by atoms with Crippen molar-refractivity contribution in [2.45, 2.75) is 11.2 Å². The number of nitrogens with zero attached hydrogens (tertiary/aromatic N) is 4. The van der Waals surface area contributed by atoms with E-state index in [0.29, 0.717) is 6.54 Å². The summed E-state index contributed by atoms with van der Waals surface area (Å²) >= 11 is 7.11. The lowest BCUT2D eigenvalue weighted by atomic mass is 9.71. The number of anilines is 1. The van der Waals surface area contributed by atoms with Crippen LogP contribution in [-0.2, 0) is 11.2 Å². The van der Waals surface area contributed by atoms with Crippen molar-refractivity contribution in [2.75, 3.05) is 11.4 Å². The first-order valence-electron chi connectivity index (χ1n) is 11.7. The largest absolute Gasteiger partial charge is 0.335 e. The average molecular weight is 600 g/mol. The van der Waals surface area contributed by atoms with E-state index in [1.807, 2.05) is 77.6 Å². The van der Waals surface area contributed by atoms with Gasteiger partial charge in [0, 0.05) is 48.8 Å². The average Bonchev–Trinajstić information content (AvgIpc) is 3.42. The second-order valence-corrected chi connectivity index (χ2v) is 10.8. The number of benzene rings is 4. The van der Waals surface area contributed by atoms with Gasteiger partial charge in [-0.25, -0.2) is 0 Å². The van der Waals surface area contributed by atoms with Gasteiger partial charge >= 0.3 is 0 Å². The molecule has 0 spiro atoms. The number of nitriles is 1. The molecule has 0 radical (unpaired) electrons. The molecule has 6 rings (SSSR count). The Labute approximate surface area is 226 Å². The van der Waals surface area contributed by atoms with Crippen LogP contribution < -0.4 is 10.3 Å². The van der Waals surface area contributed by atoms with Crippen LogP contribution in [0.25, 0.3) is 0 Å². The third kappa shape index (κ3) is 3.32. The van der Waals surface area contributed by atoms with E-state index in [1.165, 1.54) is 0 Å². The van der Waals surface area contributed by atoms with Gasteiger partial charge in [-0.05, 0) is 42.0 Å². The molecule has 36 heavy (non-hydrogen) atoms. The fourth-order valence-electron chi connectivity index (χ4n) is 5.57. The molecule has 1 N–H and O–H groups in total.